The van der Waals surface area contributed by atoms with Crippen LogP contribution in [0, 0.1) is 11.8 Å². The Morgan fingerprint density at radius 1 is 0.284 bits per heavy atom. The van der Waals surface area contributed by atoms with E-state index in [2.05, 4.69) is 41.5 Å². The first-order valence-corrected chi connectivity index (χ1v) is 42.5. The second-order valence-electron chi connectivity index (χ2n) is 28.3. The van der Waals surface area contributed by atoms with Gasteiger partial charge in [0.2, 0.25) is 0 Å². The minimum absolute atomic E-state index is 0.107. The lowest BCUT2D eigenvalue weighted by molar-refractivity contribution is -0.161. The maximum absolute atomic E-state index is 13.1. The number of aliphatic hydroxyl groups is 1. The zero-order chi connectivity index (χ0) is 70.0. The number of esters is 4. The lowest BCUT2D eigenvalue weighted by Gasteiger charge is -2.21. The third-order valence-electron chi connectivity index (χ3n) is 17.7. The van der Waals surface area contributed by atoms with Crippen molar-refractivity contribution in [2.45, 2.75) is 413 Å². The molecule has 0 aliphatic rings. The number of rotatable bonds is 75. The molecule has 5 atom stereocenters. The molecule has 19 heteroatoms. The second-order valence-corrected chi connectivity index (χ2v) is 31.3. The highest BCUT2D eigenvalue weighted by Gasteiger charge is 2.30. The van der Waals surface area contributed by atoms with Crippen molar-refractivity contribution in [2.24, 2.45) is 11.8 Å². The molecule has 0 amide bonds. The van der Waals surface area contributed by atoms with Gasteiger partial charge in [-0.15, -0.1) is 0 Å². The Labute approximate surface area is 581 Å². The average molecular weight is 1400 g/mol. The van der Waals surface area contributed by atoms with Crippen LogP contribution in [0.1, 0.15) is 395 Å². The third-order valence-corrected chi connectivity index (χ3v) is 19.6. The van der Waals surface area contributed by atoms with Crippen molar-refractivity contribution < 1.29 is 80.2 Å². The van der Waals surface area contributed by atoms with Crippen molar-refractivity contribution in [2.75, 3.05) is 39.6 Å². The molecule has 0 rings (SSSR count). The first kappa shape index (κ1) is 93.1. The topological polar surface area (TPSA) is 237 Å². The molecule has 2 unspecified atom stereocenters. The Balaban J connectivity index is 5.21. The Morgan fingerprint density at radius 2 is 0.484 bits per heavy atom. The van der Waals surface area contributed by atoms with Crippen molar-refractivity contribution in [3.8, 4) is 0 Å². The van der Waals surface area contributed by atoms with Gasteiger partial charge in [-0.2, -0.15) is 0 Å². The molecule has 564 valence electrons. The van der Waals surface area contributed by atoms with Gasteiger partial charge < -0.3 is 33.8 Å². The molecule has 0 heterocycles. The number of phosphoric ester groups is 2. The lowest BCUT2D eigenvalue weighted by Crippen LogP contribution is -2.30. The van der Waals surface area contributed by atoms with Gasteiger partial charge in [0.1, 0.15) is 19.3 Å². The number of hydrogen-bond donors (Lipinski definition) is 3. The van der Waals surface area contributed by atoms with E-state index in [1.165, 1.54) is 205 Å². The highest BCUT2D eigenvalue weighted by molar-refractivity contribution is 7.47. The predicted octanol–water partition coefficient (Wildman–Crippen LogP) is 22.3. The zero-order valence-corrected chi connectivity index (χ0v) is 63.8. The molecule has 0 aromatic heterocycles. The van der Waals surface area contributed by atoms with Crippen LogP contribution >= 0.6 is 15.6 Å². The quantitative estimate of drug-likeness (QED) is 0.0222. The van der Waals surface area contributed by atoms with E-state index < -0.39 is 97.5 Å². The van der Waals surface area contributed by atoms with Gasteiger partial charge in [-0.1, -0.05) is 343 Å². The van der Waals surface area contributed by atoms with Gasteiger partial charge in [0.15, 0.2) is 12.2 Å². The molecule has 95 heavy (non-hydrogen) atoms. The van der Waals surface area contributed by atoms with E-state index in [9.17, 15) is 43.2 Å². The Bertz CT molecular complexity index is 1840. The minimum Gasteiger partial charge on any atom is -0.462 e. The summed E-state index contributed by atoms with van der Waals surface area (Å²) in [6.45, 7) is 9.62. The van der Waals surface area contributed by atoms with E-state index in [1.54, 1.807) is 0 Å². The largest absolute Gasteiger partial charge is 0.472 e. The highest BCUT2D eigenvalue weighted by Crippen LogP contribution is 2.45. The van der Waals surface area contributed by atoms with Crippen LogP contribution in [0.4, 0.5) is 0 Å². The molecule has 0 saturated carbocycles. The molecule has 0 bridgehead atoms. The van der Waals surface area contributed by atoms with Crippen molar-refractivity contribution in [3.63, 3.8) is 0 Å². The second kappa shape index (κ2) is 67.9. The molecule has 0 saturated heterocycles. The van der Waals surface area contributed by atoms with Crippen LogP contribution in [0.3, 0.4) is 0 Å². The zero-order valence-electron chi connectivity index (χ0n) is 62.0. The third kappa shape index (κ3) is 70.3. The van der Waals surface area contributed by atoms with E-state index >= 15 is 0 Å². The fraction of sp³-hybridized carbons (Fsp3) is 0.947. The molecule has 0 fully saturated rings. The normalized spacial score (nSPS) is 14.0. The molecule has 0 aliphatic heterocycles. The van der Waals surface area contributed by atoms with Crippen molar-refractivity contribution in [1.29, 1.82) is 0 Å². The summed E-state index contributed by atoms with van der Waals surface area (Å²) in [5.41, 5.74) is 0. The summed E-state index contributed by atoms with van der Waals surface area (Å²) in [6, 6.07) is 0. The van der Waals surface area contributed by atoms with Crippen molar-refractivity contribution in [3.05, 3.63) is 0 Å². The predicted molar refractivity (Wildman–Crippen MR) is 386 cm³/mol. The van der Waals surface area contributed by atoms with E-state index in [0.29, 0.717) is 25.7 Å². The van der Waals surface area contributed by atoms with Gasteiger partial charge in [0, 0.05) is 25.7 Å². The minimum atomic E-state index is -4.96. The summed E-state index contributed by atoms with van der Waals surface area (Å²) in [5, 5.41) is 10.6. The maximum atomic E-state index is 13.1. The standard InChI is InChI=1S/C76H148O17P2/c1-7-9-11-13-15-17-18-30-36-42-48-54-60-75(80)92-71(64-86-73(78)58-52-46-40-16-14-12-10-8-2)66-90-94(82,83)88-62-70(77)63-89-95(84,85)91-67-72(65-87-74(79)59-53-47-41-35-31-26-23-22-25-29-34-39-45-51-57-69(5)6)93-76(81)61-55-49-43-37-32-27-21-19-20-24-28-33-38-44-50-56-68(3)4/h68-72,77H,7-67H2,1-6H3,(H,82,83)(H,84,85)/t70-,71+,72+/m0/s1. The lowest BCUT2D eigenvalue weighted by atomic mass is 10.0. The average Bonchev–Trinajstić information content (AvgIpc) is 1.81. The molecule has 0 aromatic rings. The number of carbonyl (C=O) groups excluding carboxylic acids is 4. The molecule has 17 nitrogen and oxygen atoms in total. The summed E-state index contributed by atoms with van der Waals surface area (Å²) in [6.07, 6.45) is 55.5. The Morgan fingerprint density at radius 3 is 0.716 bits per heavy atom. The van der Waals surface area contributed by atoms with Crippen LogP contribution < -0.4 is 0 Å². The van der Waals surface area contributed by atoms with Gasteiger partial charge in [-0.25, -0.2) is 9.13 Å². The van der Waals surface area contributed by atoms with Gasteiger partial charge >= 0.3 is 39.5 Å². The molecular formula is C76H148O17P2. The van der Waals surface area contributed by atoms with Crippen LogP contribution in [0.15, 0.2) is 0 Å². The van der Waals surface area contributed by atoms with Gasteiger partial charge in [0.05, 0.1) is 26.4 Å². The van der Waals surface area contributed by atoms with Crippen LogP contribution in [0.5, 0.6) is 0 Å². The van der Waals surface area contributed by atoms with Crippen LogP contribution in [-0.4, -0.2) is 96.7 Å². The van der Waals surface area contributed by atoms with E-state index in [4.69, 9.17) is 37.0 Å². The van der Waals surface area contributed by atoms with E-state index in [1.807, 2.05) is 0 Å². The van der Waals surface area contributed by atoms with Gasteiger partial charge in [-0.3, -0.25) is 37.3 Å². The molecule has 0 spiro atoms. The van der Waals surface area contributed by atoms with Crippen molar-refractivity contribution >= 4 is 39.5 Å². The molecule has 0 aliphatic carbocycles. The molecule has 3 N–H and O–H groups in total. The van der Waals surface area contributed by atoms with Crippen molar-refractivity contribution in [1.82, 2.24) is 0 Å². The number of carbonyl (C=O) groups is 4. The molecular weight excluding hydrogens is 1250 g/mol. The fourth-order valence-corrected chi connectivity index (χ4v) is 13.2. The Hall–Kier alpha value is -1.94. The van der Waals surface area contributed by atoms with Crippen LogP contribution in [-0.2, 0) is 65.4 Å². The summed E-state index contributed by atoms with van der Waals surface area (Å²) < 4.78 is 68.5. The monoisotopic (exact) mass is 1400 g/mol. The number of ether oxygens (including phenoxy) is 4. The first-order chi connectivity index (χ1) is 45.9. The fourth-order valence-electron chi connectivity index (χ4n) is 11.7. The van der Waals surface area contributed by atoms with E-state index in [0.717, 1.165) is 108 Å². The number of phosphoric acid groups is 2. The molecule has 0 radical (unpaired) electrons. The van der Waals surface area contributed by atoms with Crippen LogP contribution in [0.25, 0.3) is 0 Å². The summed E-state index contributed by atoms with van der Waals surface area (Å²) in [7, 11) is -9.91. The smallest absolute Gasteiger partial charge is 0.462 e. The molecule has 0 aromatic carbocycles. The number of aliphatic hydroxyl groups excluding tert-OH is 1. The first-order valence-electron chi connectivity index (χ1n) is 39.5. The van der Waals surface area contributed by atoms with Gasteiger partial charge in [0.25, 0.3) is 0 Å². The number of unbranched alkanes of at least 4 members (excludes halogenated alkanes) is 45. The highest BCUT2D eigenvalue weighted by atomic mass is 31.2. The summed E-state index contributed by atoms with van der Waals surface area (Å²) in [5.74, 6) is -0.515. The van der Waals surface area contributed by atoms with Gasteiger partial charge in [-0.05, 0) is 37.5 Å². The number of hydrogen-bond acceptors (Lipinski definition) is 15. The summed E-state index contributed by atoms with van der Waals surface area (Å²) in [4.78, 5) is 72.7. The maximum Gasteiger partial charge on any atom is 0.472 e. The Kier molecular flexibility index (Phi) is 66.5. The SMILES string of the molecule is CCCCCCCCCCCCCCC(=O)O[C@H](COC(=O)CCCCCCCCCC)COP(=O)(O)OC[C@H](O)COP(=O)(O)OC[C@@H](COC(=O)CCCCCCCCCCCCCCCCC(C)C)OC(=O)CCCCCCCCCCCCCCCCCC(C)C. The van der Waals surface area contributed by atoms with E-state index in [-0.39, 0.29) is 25.7 Å². The van der Waals surface area contributed by atoms with Crippen LogP contribution in [0.2, 0.25) is 0 Å². The summed E-state index contributed by atoms with van der Waals surface area (Å²) >= 11 is 0.